The van der Waals surface area contributed by atoms with Gasteiger partial charge in [-0.05, 0) is 39.8 Å². The SMILES string of the molecule is CC1(C)OB(c2csc(-c3cc(F)cc(F)c3)n2)OC1(C)C. The monoisotopic (exact) mass is 323 g/mol. The maximum absolute atomic E-state index is 13.3. The van der Waals surface area contributed by atoms with Crippen LogP contribution in [0.2, 0.25) is 0 Å². The van der Waals surface area contributed by atoms with Crippen molar-refractivity contribution in [2.45, 2.75) is 38.9 Å². The molecule has 1 saturated heterocycles. The number of hydrogen-bond donors (Lipinski definition) is 0. The van der Waals surface area contributed by atoms with Gasteiger partial charge in [0.1, 0.15) is 16.6 Å². The average Bonchev–Trinajstić information content (AvgIpc) is 2.92. The molecule has 0 atom stereocenters. The van der Waals surface area contributed by atoms with E-state index >= 15 is 0 Å². The fraction of sp³-hybridized carbons (Fsp3) is 0.400. The molecular formula is C15H16BF2NO2S. The van der Waals surface area contributed by atoms with Gasteiger partial charge in [0.25, 0.3) is 0 Å². The Labute approximate surface area is 132 Å². The molecule has 0 unspecified atom stereocenters. The molecule has 0 radical (unpaired) electrons. The molecule has 2 heterocycles. The summed E-state index contributed by atoms with van der Waals surface area (Å²) >= 11 is 1.30. The predicted molar refractivity (Wildman–Crippen MR) is 83.2 cm³/mol. The van der Waals surface area contributed by atoms with Gasteiger partial charge in [0.15, 0.2) is 0 Å². The average molecular weight is 323 g/mol. The van der Waals surface area contributed by atoms with Gasteiger partial charge in [0.2, 0.25) is 0 Å². The second kappa shape index (κ2) is 5.11. The molecule has 0 bridgehead atoms. The van der Waals surface area contributed by atoms with E-state index in [1.165, 1.54) is 23.5 Å². The number of halogens is 2. The first kappa shape index (κ1) is 15.6. The Morgan fingerprint density at radius 3 is 2.09 bits per heavy atom. The van der Waals surface area contributed by atoms with Gasteiger partial charge in [-0.1, -0.05) is 0 Å². The fourth-order valence-electron chi connectivity index (χ4n) is 2.17. The maximum Gasteiger partial charge on any atom is 0.515 e. The lowest BCUT2D eigenvalue weighted by Crippen LogP contribution is -2.41. The zero-order valence-corrected chi connectivity index (χ0v) is 13.6. The first-order chi connectivity index (χ1) is 10.2. The summed E-state index contributed by atoms with van der Waals surface area (Å²) in [4.78, 5) is 4.41. The van der Waals surface area contributed by atoms with Gasteiger partial charge in [-0.15, -0.1) is 11.3 Å². The largest absolute Gasteiger partial charge is 0.515 e. The summed E-state index contributed by atoms with van der Waals surface area (Å²) in [6, 6.07) is 3.36. The number of rotatable bonds is 2. The summed E-state index contributed by atoms with van der Waals surface area (Å²) in [5.41, 5.74) is 0.118. The number of thiazole rings is 1. The Hall–Kier alpha value is -1.31. The lowest BCUT2D eigenvalue weighted by molar-refractivity contribution is 0.00578. The van der Waals surface area contributed by atoms with Crippen molar-refractivity contribution in [3.63, 3.8) is 0 Å². The molecule has 7 heteroatoms. The second-order valence-electron chi connectivity index (χ2n) is 6.32. The zero-order valence-electron chi connectivity index (χ0n) is 12.8. The Morgan fingerprint density at radius 1 is 1.00 bits per heavy atom. The van der Waals surface area contributed by atoms with Crippen LogP contribution >= 0.6 is 11.3 Å². The molecule has 22 heavy (non-hydrogen) atoms. The van der Waals surface area contributed by atoms with E-state index in [2.05, 4.69) is 4.98 Å². The normalized spacial score (nSPS) is 19.6. The third-order valence-electron chi connectivity index (χ3n) is 4.13. The van der Waals surface area contributed by atoms with Crippen molar-refractivity contribution in [3.8, 4) is 10.6 Å². The topological polar surface area (TPSA) is 31.4 Å². The van der Waals surface area contributed by atoms with E-state index in [1.54, 1.807) is 5.38 Å². The molecule has 0 spiro atoms. The van der Waals surface area contributed by atoms with E-state index in [1.807, 2.05) is 27.7 Å². The molecule has 1 aromatic heterocycles. The molecule has 1 aliphatic rings. The summed E-state index contributed by atoms with van der Waals surface area (Å²) in [5.74, 6) is -1.25. The van der Waals surface area contributed by atoms with E-state index in [-0.39, 0.29) is 0 Å². The van der Waals surface area contributed by atoms with Gasteiger partial charge in [0, 0.05) is 17.0 Å². The van der Waals surface area contributed by atoms with E-state index in [0.29, 0.717) is 16.2 Å². The number of nitrogens with zero attached hydrogens (tertiary/aromatic N) is 1. The van der Waals surface area contributed by atoms with E-state index in [9.17, 15) is 8.78 Å². The summed E-state index contributed by atoms with van der Waals surface area (Å²) < 4.78 is 38.5. The van der Waals surface area contributed by atoms with Crippen LogP contribution < -0.4 is 5.59 Å². The van der Waals surface area contributed by atoms with Crippen LogP contribution in [0, 0.1) is 11.6 Å². The molecule has 1 aliphatic heterocycles. The third kappa shape index (κ3) is 2.68. The summed E-state index contributed by atoms with van der Waals surface area (Å²) in [7, 11) is -0.576. The Bertz CT molecular complexity index is 681. The van der Waals surface area contributed by atoms with Gasteiger partial charge in [0.05, 0.1) is 16.8 Å². The highest BCUT2D eigenvalue weighted by molar-refractivity contribution is 7.14. The summed E-state index contributed by atoms with van der Waals surface area (Å²) in [6.07, 6.45) is 0. The van der Waals surface area contributed by atoms with Crippen molar-refractivity contribution in [1.29, 1.82) is 0 Å². The highest BCUT2D eigenvalue weighted by Gasteiger charge is 2.52. The van der Waals surface area contributed by atoms with Crippen molar-refractivity contribution in [2.24, 2.45) is 0 Å². The molecule has 1 aromatic carbocycles. The molecule has 0 amide bonds. The maximum atomic E-state index is 13.3. The van der Waals surface area contributed by atoms with Gasteiger partial charge in [-0.3, -0.25) is 0 Å². The van der Waals surface area contributed by atoms with Crippen LogP contribution in [0.15, 0.2) is 23.6 Å². The van der Waals surface area contributed by atoms with Crippen LogP contribution in [0.5, 0.6) is 0 Å². The van der Waals surface area contributed by atoms with E-state index < -0.39 is 30.0 Å². The molecule has 116 valence electrons. The molecule has 2 aromatic rings. The fourth-order valence-corrected chi connectivity index (χ4v) is 2.98. The predicted octanol–water partition coefficient (Wildman–Crippen LogP) is 3.39. The minimum Gasteiger partial charge on any atom is -0.398 e. The van der Waals surface area contributed by atoms with E-state index in [4.69, 9.17) is 9.31 Å². The smallest absolute Gasteiger partial charge is 0.398 e. The van der Waals surface area contributed by atoms with E-state index in [0.717, 1.165) is 6.07 Å². The van der Waals surface area contributed by atoms with Crippen molar-refractivity contribution in [2.75, 3.05) is 0 Å². The molecule has 3 nitrogen and oxygen atoms in total. The lowest BCUT2D eigenvalue weighted by Gasteiger charge is -2.32. The third-order valence-corrected chi connectivity index (χ3v) is 5.04. The van der Waals surface area contributed by atoms with Crippen LogP contribution in [0.1, 0.15) is 27.7 Å². The van der Waals surface area contributed by atoms with Gasteiger partial charge in [-0.2, -0.15) is 0 Å². The molecule has 1 fully saturated rings. The van der Waals surface area contributed by atoms with Crippen LogP contribution in [-0.2, 0) is 9.31 Å². The highest BCUT2D eigenvalue weighted by Crippen LogP contribution is 2.36. The number of benzene rings is 1. The van der Waals surface area contributed by atoms with Crippen molar-refractivity contribution >= 4 is 24.0 Å². The molecule has 0 saturated carbocycles. The van der Waals surface area contributed by atoms with Crippen molar-refractivity contribution in [1.82, 2.24) is 4.98 Å². The summed E-state index contributed by atoms with van der Waals surface area (Å²) in [6.45, 7) is 7.84. The standard InChI is InChI=1S/C15H16BF2NO2S/c1-14(2)15(3,4)21-16(20-14)12-8-22-13(19-12)9-5-10(17)7-11(18)6-9/h5-8H,1-4H3. The van der Waals surface area contributed by atoms with Crippen LogP contribution in [0.3, 0.4) is 0 Å². The Kier molecular flexibility index (Phi) is 3.62. The first-order valence-corrected chi connectivity index (χ1v) is 7.83. The van der Waals surface area contributed by atoms with Crippen LogP contribution in [0.4, 0.5) is 8.78 Å². The Balaban J connectivity index is 1.89. The highest BCUT2D eigenvalue weighted by atomic mass is 32.1. The van der Waals surface area contributed by atoms with Gasteiger partial charge < -0.3 is 9.31 Å². The van der Waals surface area contributed by atoms with Gasteiger partial charge in [-0.25, -0.2) is 13.8 Å². The molecule has 0 N–H and O–H groups in total. The van der Waals surface area contributed by atoms with Gasteiger partial charge >= 0.3 is 7.12 Å². The Morgan fingerprint density at radius 2 is 1.55 bits per heavy atom. The summed E-state index contributed by atoms with van der Waals surface area (Å²) in [5, 5.41) is 2.32. The molecule has 3 rings (SSSR count). The second-order valence-corrected chi connectivity index (χ2v) is 7.18. The van der Waals surface area contributed by atoms with Crippen LogP contribution in [-0.4, -0.2) is 23.3 Å². The zero-order chi connectivity index (χ0) is 16.1. The first-order valence-electron chi connectivity index (χ1n) is 6.95. The lowest BCUT2D eigenvalue weighted by atomic mass is 9.86. The van der Waals surface area contributed by atoms with Crippen LogP contribution in [0.25, 0.3) is 10.6 Å². The number of aromatic nitrogens is 1. The molecule has 0 aliphatic carbocycles. The minimum absolute atomic E-state index is 0.408. The molecular weight excluding hydrogens is 307 g/mol. The quantitative estimate of drug-likeness (QED) is 0.794. The number of hydrogen-bond acceptors (Lipinski definition) is 4. The van der Waals surface area contributed by atoms with Crippen molar-refractivity contribution < 1.29 is 18.1 Å². The minimum atomic E-state index is -0.623. The van der Waals surface area contributed by atoms with Crippen molar-refractivity contribution in [3.05, 3.63) is 35.2 Å².